The minimum atomic E-state index is -0.529. The molecule has 12 heavy (non-hydrogen) atoms. The van der Waals surface area contributed by atoms with Gasteiger partial charge in [-0.25, -0.2) is 5.48 Å². The minimum Gasteiger partial charge on any atom is -0.288 e. The molecule has 66 valence electrons. The lowest BCUT2D eigenvalue weighted by atomic mass is 10.2. The number of carbonyl (C=O) groups excluding carboxylic acids is 1. The molecule has 0 aromatic carbocycles. The molecule has 0 aliphatic carbocycles. The molecule has 0 fully saturated rings. The first kappa shape index (κ1) is 10.7. The maximum Gasteiger partial charge on any atom is 0.267 e. The number of hydroxylamine groups is 1. The maximum atomic E-state index is 10.5. The minimum absolute atomic E-state index is 0.529. The molecule has 0 saturated carbocycles. The molecule has 0 radical (unpaired) electrons. The van der Waals surface area contributed by atoms with Crippen molar-refractivity contribution in [3.05, 3.63) is 36.0 Å². The van der Waals surface area contributed by atoms with Gasteiger partial charge in [0.05, 0.1) is 0 Å². The number of carbonyl (C=O) groups is 1. The number of amides is 1. The van der Waals surface area contributed by atoms with Crippen molar-refractivity contribution in [2.45, 2.75) is 13.8 Å². The third-order valence-electron chi connectivity index (χ3n) is 1.23. The molecular formula is C9H13NO2. The van der Waals surface area contributed by atoms with Crippen LogP contribution in [0.5, 0.6) is 0 Å². The Hall–Kier alpha value is -1.35. The van der Waals surface area contributed by atoms with Gasteiger partial charge in [0.1, 0.15) is 0 Å². The summed E-state index contributed by atoms with van der Waals surface area (Å²) in [6.45, 7) is 3.76. The van der Waals surface area contributed by atoms with Crippen molar-refractivity contribution in [3.8, 4) is 0 Å². The molecule has 0 unspecified atom stereocenters. The molecule has 0 bridgehead atoms. The van der Waals surface area contributed by atoms with E-state index in [4.69, 9.17) is 5.21 Å². The summed E-state index contributed by atoms with van der Waals surface area (Å²) in [5.74, 6) is -0.529. The van der Waals surface area contributed by atoms with Crippen molar-refractivity contribution in [3.63, 3.8) is 0 Å². The second kappa shape index (κ2) is 6.37. The lowest BCUT2D eigenvalue weighted by Gasteiger charge is -1.90. The molecule has 0 saturated heterocycles. The topological polar surface area (TPSA) is 49.3 Å². The monoisotopic (exact) mass is 167 g/mol. The highest BCUT2D eigenvalue weighted by atomic mass is 16.5. The summed E-state index contributed by atoms with van der Waals surface area (Å²) in [5.41, 5.74) is 2.43. The van der Waals surface area contributed by atoms with Crippen molar-refractivity contribution < 1.29 is 10.0 Å². The summed E-state index contributed by atoms with van der Waals surface area (Å²) in [6.07, 6.45) is 8.47. The number of allylic oxidation sites excluding steroid dienone is 5. The third-order valence-corrected chi connectivity index (χ3v) is 1.23. The Kier molecular flexibility index (Phi) is 5.65. The largest absolute Gasteiger partial charge is 0.288 e. The predicted molar refractivity (Wildman–Crippen MR) is 47.6 cm³/mol. The van der Waals surface area contributed by atoms with E-state index < -0.39 is 5.91 Å². The smallest absolute Gasteiger partial charge is 0.267 e. The molecule has 0 aliphatic heterocycles. The SMILES string of the molecule is C\C=C/C(/C=C/C(=O)NO)=C\C. The first-order valence-electron chi connectivity index (χ1n) is 3.65. The molecule has 1 amide bonds. The van der Waals surface area contributed by atoms with Crippen LogP contribution in [0.2, 0.25) is 0 Å². The average molecular weight is 167 g/mol. The number of hydrogen-bond acceptors (Lipinski definition) is 2. The van der Waals surface area contributed by atoms with Gasteiger partial charge in [-0.05, 0) is 25.5 Å². The quantitative estimate of drug-likeness (QED) is 0.290. The Labute approximate surface area is 72.0 Å². The molecule has 0 aromatic rings. The van der Waals surface area contributed by atoms with Gasteiger partial charge < -0.3 is 0 Å². The van der Waals surface area contributed by atoms with Gasteiger partial charge >= 0.3 is 0 Å². The molecule has 0 heterocycles. The molecule has 0 rings (SSSR count). The van der Waals surface area contributed by atoms with Crippen LogP contribution in [0.15, 0.2) is 36.0 Å². The van der Waals surface area contributed by atoms with Crippen LogP contribution in [-0.2, 0) is 4.79 Å². The summed E-state index contributed by atoms with van der Waals surface area (Å²) in [7, 11) is 0. The van der Waals surface area contributed by atoms with E-state index in [1.807, 2.05) is 32.1 Å². The molecule has 3 heteroatoms. The van der Waals surface area contributed by atoms with Crippen molar-refractivity contribution in [2.24, 2.45) is 0 Å². The van der Waals surface area contributed by atoms with Crippen LogP contribution in [0.3, 0.4) is 0 Å². The van der Waals surface area contributed by atoms with Crippen molar-refractivity contribution in [1.29, 1.82) is 0 Å². The average Bonchev–Trinajstić information content (AvgIpc) is 2.11. The number of rotatable bonds is 3. The second-order valence-electron chi connectivity index (χ2n) is 2.10. The van der Waals surface area contributed by atoms with Gasteiger partial charge in [0.2, 0.25) is 0 Å². The normalized spacial score (nSPS) is 12.8. The Bertz CT molecular complexity index is 227. The van der Waals surface area contributed by atoms with Gasteiger partial charge in [-0.3, -0.25) is 10.0 Å². The standard InChI is InChI=1S/C9H13NO2/c1-3-5-8(4-2)6-7-9(11)10-12/h3-7,12H,1-2H3,(H,10,11)/b5-3-,7-6+,8-4+. The molecule has 3 nitrogen and oxygen atoms in total. The Morgan fingerprint density at radius 3 is 2.33 bits per heavy atom. The molecule has 0 atom stereocenters. The van der Waals surface area contributed by atoms with Gasteiger partial charge in [-0.2, -0.15) is 0 Å². The van der Waals surface area contributed by atoms with E-state index in [-0.39, 0.29) is 0 Å². The van der Waals surface area contributed by atoms with Crippen LogP contribution in [0.1, 0.15) is 13.8 Å². The fraction of sp³-hybridized carbons (Fsp3) is 0.222. The maximum absolute atomic E-state index is 10.5. The zero-order valence-electron chi connectivity index (χ0n) is 7.24. The molecule has 0 spiro atoms. The lowest BCUT2D eigenvalue weighted by molar-refractivity contribution is -0.124. The van der Waals surface area contributed by atoms with Crippen LogP contribution in [-0.4, -0.2) is 11.1 Å². The van der Waals surface area contributed by atoms with Crippen LogP contribution < -0.4 is 5.48 Å². The molecule has 2 N–H and O–H groups in total. The van der Waals surface area contributed by atoms with Crippen LogP contribution in [0.25, 0.3) is 0 Å². The number of nitrogens with one attached hydrogen (secondary N) is 1. The second-order valence-corrected chi connectivity index (χ2v) is 2.10. The lowest BCUT2D eigenvalue weighted by Crippen LogP contribution is -2.14. The Balaban J connectivity index is 4.21. The van der Waals surface area contributed by atoms with Crippen LogP contribution >= 0.6 is 0 Å². The van der Waals surface area contributed by atoms with Crippen molar-refractivity contribution in [1.82, 2.24) is 5.48 Å². The van der Waals surface area contributed by atoms with Crippen LogP contribution in [0, 0.1) is 0 Å². The summed E-state index contributed by atoms with van der Waals surface area (Å²) in [5, 5.41) is 8.16. The first-order chi connectivity index (χ1) is 5.74. The van der Waals surface area contributed by atoms with E-state index >= 15 is 0 Å². The van der Waals surface area contributed by atoms with E-state index in [9.17, 15) is 4.79 Å². The molecule has 0 aliphatic rings. The van der Waals surface area contributed by atoms with E-state index in [2.05, 4.69) is 0 Å². The van der Waals surface area contributed by atoms with Gasteiger partial charge in [0.15, 0.2) is 0 Å². The third kappa shape index (κ3) is 4.46. The van der Waals surface area contributed by atoms with Crippen molar-refractivity contribution in [2.75, 3.05) is 0 Å². The zero-order valence-corrected chi connectivity index (χ0v) is 7.24. The van der Waals surface area contributed by atoms with E-state index in [0.717, 1.165) is 5.57 Å². The summed E-state index contributed by atoms with van der Waals surface area (Å²) in [6, 6.07) is 0. The van der Waals surface area contributed by atoms with E-state index in [1.54, 1.807) is 6.08 Å². The molecular weight excluding hydrogens is 154 g/mol. The highest BCUT2D eigenvalue weighted by Gasteiger charge is 1.89. The summed E-state index contributed by atoms with van der Waals surface area (Å²) < 4.78 is 0. The Morgan fingerprint density at radius 1 is 1.25 bits per heavy atom. The van der Waals surface area contributed by atoms with E-state index in [0.29, 0.717) is 0 Å². The molecule has 0 aromatic heterocycles. The van der Waals surface area contributed by atoms with Crippen molar-refractivity contribution >= 4 is 5.91 Å². The summed E-state index contributed by atoms with van der Waals surface area (Å²) in [4.78, 5) is 10.5. The van der Waals surface area contributed by atoms with Gasteiger partial charge in [0.25, 0.3) is 5.91 Å². The summed E-state index contributed by atoms with van der Waals surface area (Å²) >= 11 is 0. The predicted octanol–water partition coefficient (Wildman–Crippen LogP) is 1.57. The van der Waals surface area contributed by atoms with E-state index in [1.165, 1.54) is 11.6 Å². The highest BCUT2D eigenvalue weighted by Crippen LogP contribution is 1.98. The van der Waals surface area contributed by atoms with Gasteiger partial charge in [0, 0.05) is 6.08 Å². The Morgan fingerprint density at radius 2 is 1.92 bits per heavy atom. The highest BCUT2D eigenvalue weighted by molar-refractivity contribution is 5.87. The zero-order chi connectivity index (χ0) is 9.40. The fourth-order valence-corrected chi connectivity index (χ4v) is 0.650. The van der Waals surface area contributed by atoms with Crippen LogP contribution in [0.4, 0.5) is 0 Å². The first-order valence-corrected chi connectivity index (χ1v) is 3.65. The number of hydrogen-bond donors (Lipinski definition) is 2. The van der Waals surface area contributed by atoms with Gasteiger partial charge in [-0.15, -0.1) is 0 Å². The van der Waals surface area contributed by atoms with Gasteiger partial charge in [-0.1, -0.05) is 18.2 Å². The fourth-order valence-electron chi connectivity index (χ4n) is 0.650.